The normalized spacial score (nSPS) is 10.9. The van der Waals surface area contributed by atoms with E-state index in [1.807, 2.05) is 55.5 Å². The average Bonchev–Trinajstić information content (AvgIpc) is 3.34. The monoisotopic (exact) mass is 363 g/mol. The number of nitrogens with zero attached hydrogens (tertiary/aromatic N) is 2. The van der Waals surface area contributed by atoms with Crippen LogP contribution in [0.3, 0.4) is 0 Å². The molecule has 0 aliphatic rings. The lowest BCUT2D eigenvalue weighted by molar-refractivity contribution is 0.0433. The molecule has 1 N–H and O–H groups in total. The van der Waals surface area contributed by atoms with Crippen molar-refractivity contribution in [2.45, 2.75) is 13.5 Å². The zero-order chi connectivity index (χ0) is 18.6. The molecule has 0 aliphatic carbocycles. The summed E-state index contributed by atoms with van der Waals surface area (Å²) >= 11 is 0. The Hall–Kier alpha value is -3.61. The molecule has 0 saturated heterocycles. The lowest BCUT2D eigenvalue weighted by Crippen LogP contribution is -2.05. The summed E-state index contributed by atoms with van der Waals surface area (Å²) in [4.78, 5) is 15.2. The van der Waals surface area contributed by atoms with Crippen molar-refractivity contribution in [1.29, 1.82) is 0 Å². The zero-order valence-electron chi connectivity index (χ0n) is 14.6. The minimum absolute atomic E-state index is 0.0990. The molecule has 0 fully saturated rings. The lowest BCUT2D eigenvalue weighted by Gasteiger charge is -2.02. The van der Waals surface area contributed by atoms with Gasteiger partial charge < -0.3 is 18.9 Å². The highest BCUT2D eigenvalue weighted by Gasteiger charge is 2.14. The Morgan fingerprint density at radius 3 is 2.70 bits per heavy atom. The van der Waals surface area contributed by atoms with E-state index in [0.29, 0.717) is 18.2 Å². The first-order valence-corrected chi connectivity index (χ1v) is 8.53. The molecule has 0 atom stereocenters. The molecule has 2 heterocycles. The number of esters is 1. The number of benzene rings is 2. The highest BCUT2D eigenvalue weighted by Crippen LogP contribution is 2.22. The number of carbonyl (C=O) groups excluding carboxylic acids is 1. The first kappa shape index (κ1) is 16.8. The van der Waals surface area contributed by atoms with Crippen molar-refractivity contribution in [2.24, 2.45) is 0 Å². The van der Waals surface area contributed by atoms with Crippen molar-refractivity contribution in [2.75, 3.05) is 6.61 Å². The summed E-state index contributed by atoms with van der Waals surface area (Å²) in [5.74, 6) is 0.873. The summed E-state index contributed by atoms with van der Waals surface area (Å²) in [5, 5.41) is 8.86. The van der Waals surface area contributed by atoms with Crippen LogP contribution in [0.1, 0.15) is 23.3 Å². The molecule has 7 heteroatoms. The van der Waals surface area contributed by atoms with E-state index in [2.05, 4.69) is 15.2 Å². The van der Waals surface area contributed by atoms with E-state index in [0.717, 1.165) is 22.2 Å². The van der Waals surface area contributed by atoms with E-state index >= 15 is 0 Å². The van der Waals surface area contributed by atoms with Crippen molar-refractivity contribution in [3.8, 4) is 17.2 Å². The van der Waals surface area contributed by atoms with Crippen LogP contribution >= 0.6 is 0 Å². The first-order valence-electron chi connectivity index (χ1n) is 8.53. The summed E-state index contributed by atoms with van der Waals surface area (Å²) in [5.41, 5.74) is 2.02. The molecular weight excluding hydrogens is 346 g/mol. The molecule has 0 radical (unpaired) electrons. The van der Waals surface area contributed by atoms with Crippen molar-refractivity contribution in [1.82, 2.24) is 15.2 Å². The molecule has 27 heavy (non-hydrogen) atoms. The maximum absolute atomic E-state index is 12.2. The second-order valence-electron chi connectivity index (χ2n) is 5.80. The summed E-state index contributed by atoms with van der Waals surface area (Å²) in [7, 11) is 0. The summed E-state index contributed by atoms with van der Waals surface area (Å²) < 4.78 is 16.2. The summed E-state index contributed by atoms with van der Waals surface area (Å²) in [6, 6.07) is 16.7. The molecule has 0 spiro atoms. The Bertz CT molecular complexity index is 1030. The fourth-order valence-corrected chi connectivity index (χ4v) is 2.68. The highest BCUT2D eigenvalue weighted by molar-refractivity contribution is 5.94. The van der Waals surface area contributed by atoms with Gasteiger partial charge in [0.1, 0.15) is 11.4 Å². The molecule has 4 aromatic rings. The van der Waals surface area contributed by atoms with E-state index in [1.54, 1.807) is 6.07 Å². The number of nitrogens with one attached hydrogen (secondary N) is 1. The molecule has 7 nitrogen and oxygen atoms in total. The third-order valence-corrected chi connectivity index (χ3v) is 3.96. The molecule has 0 saturated carbocycles. The number of rotatable bonds is 6. The molecule has 0 amide bonds. The molecule has 2 aromatic heterocycles. The number of aromatic nitrogens is 3. The van der Waals surface area contributed by atoms with Crippen LogP contribution in [-0.2, 0) is 11.3 Å². The molecule has 0 bridgehead atoms. The predicted octanol–water partition coefficient (Wildman–Crippen LogP) is 3.97. The second-order valence-corrected chi connectivity index (χ2v) is 5.80. The number of fused-ring (bicyclic) bond motifs is 1. The Morgan fingerprint density at radius 2 is 1.93 bits per heavy atom. The van der Waals surface area contributed by atoms with Crippen LogP contribution in [0.4, 0.5) is 0 Å². The van der Waals surface area contributed by atoms with E-state index in [1.165, 1.54) is 0 Å². The van der Waals surface area contributed by atoms with E-state index in [9.17, 15) is 4.79 Å². The first-order chi connectivity index (χ1) is 13.2. The average molecular weight is 363 g/mol. The number of hydrogen-bond donors (Lipinski definition) is 1. The molecule has 2 aromatic carbocycles. The largest absolute Gasteiger partial charge is 0.494 e. The van der Waals surface area contributed by atoms with Gasteiger partial charge in [0.25, 0.3) is 5.89 Å². The molecule has 4 rings (SSSR count). The number of hydrogen-bond acceptors (Lipinski definition) is 6. The van der Waals surface area contributed by atoms with Gasteiger partial charge in [-0.15, -0.1) is 10.2 Å². The van der Waals surface area contributed by atoms with Gasteiger partial charge in [-0.3, -0.25) is 0 Å². The Labute approximate surface area is 154 Å². The fraction of sp³-hybridized carbons (Fsp3) is 0.150. The number of carbonyl (C=O) groups is 1. The van der Waals surface area contributed by atoms with Gasteiger partial charge in [0, 0.05) is 16.5 Å². The van der Waals surface area contributed by atoms with Gasteiger partial charge in [0.2, 0.25) is 5.89 Å². The number of H-pyrrole nitrogens is 1. The van der Waals surface area contributed by atoms with Crippen LogP contribution in [0.25, 0.3) is 22.4 Å². The van der Waals surface area contributed by atoms with Gasteiger partial charge in [-0.1, -0.05) is 18.2 Å². The van der Waals surface area contributed by atoms with Crippen LogP contribution < -0.4 is 4.74 Å². The van der Waals surface area contributed by atoms with Gasteiger partial charge in [-0.05, 0) is 43.3 Å². The van der Waals surface area contributed by atoms with Crippen LogP contribution in [0.5, 0.6) is 5.75 Å². The third-order valence-electron chi connectivity index (χ3n) is 3.96. The topological polar surface area (TPSA) is 90.2 Å². The number of aromatic amines is 1. The van der Waals surface area contributed by atoms with Crippen LogP contribution in [0, 0.1) is 0 Å². The molecule has 0 aliphatic heterocycles. The van der Waals surface area contributed by atoms with Gasteiger partial charge in [-0.25, -0.2) is 4.79 Å². The van der Waals surface area contributed by atoms with Crippen LogP contribution in [0.15, 0.2) is 59.0 Å². The lowest BCUT2D eigenvalue weighted by atomic mass is 10.2. The van der Waals surface area contributed by atoms with Crippen molar-refractivity contribution >= 4 is 16.9 Å². The Balaban J connectivity index is 1.41. The van der Waals surface area contributed by atoms with Gasteiger partial charge in [-0.2, -0.15) is 0 Å². The molecule has 0 unspecified atom stereocenters. The molecule has 136 valence electrons. The van der Waals surface area contributed by atoms with Gasteiger partial charge in [0.15, 0.2) is 6.61 Å². The maximum Gasteiger partial charge on any atom is 0.355 e. The number of para-hydroxylation sites is 1. The van der Waals surface area contributed by atoms with Crippen LogP contribution in [-0.4, -0.2) is 27.8 Å². The standard InChI is InChI=1S/C20H17N3O4/c1-2-25-15-9-7-13(8-10-15)19-23-22-18(27-19)12-26-20(24)17-11-14-5-3-4-6-16(14)21-17/h3-11,21H,2,12H2,1H3. The molecular formula is C20H17N3O4. The minimum Gasteiger partial charge on any atom is -0.494 e. The summed E-state index contributed by atoms with van der Waals surface area (Å²) in [6.07, 6.45) is 0. The SMILES string of the molecule is CCOc1ccc(-c2nnc(COC(=O)c3cc4ccccc4[nH]3)o2)cc1. The smallest absolute Gasteiger partial charge is 0.355 e. The fourth-order valence-electron chi connectivity index (χ4n) is 2.68. The Morgan fingerprint density at radius 1 is 1.11 bits per heavy atom. The third kappa shape index (κ3) is 3.67. The zero-order valence-corrected chi connectivity index (χ0v) is 14.6. The van der Waals surface area contributed by atoms with Crippen molar-refractivity contribution < 1.29 is 18.7 Å². The number of ether oxygens (including phenoxy) is 2. The van der Waals surface area contributed by atoms with Crippen molar-refractivity contribution in [3.63, 3.8) is 0 Å². The second kappa shape index (κ2) is 7.33. The van der Waals surface area contributed by atoms with Gasteiger partial charge >= 0.3 is 5.97 Å². The van der Waals surface area contributed by atoms with E-state index in [4.69, 9.17) is 13.9 Å². The highest BCUT2D eigenvalue weighted by atomic mass is 16.5. The summed E-state index contributed by atoms with van der Waals surface area (Å²) in [6.45, 7) is 2.43. The van der Waals surface area contributed by atoms with Crippen LogP contribution in [0.2, 0.25) is 0 Å². The van der Waals surface area contributed by atoms with E-state index in [-0.39, 0.29) is 12.5 Å². The quantitative estimate of drug-likeness (QED) is 0.521. The van der Waals surface area contributed by atoms with Crippen molar-refractivity contribution in [3.05, 3.63) is 66.2 Å². The van der Waals surface area contributed by atoms with E-state index < -0.39 is 5.97 Å². The Kier molecular flexibility index (Phi) is 4.57. The predicted molar refractivity (Wildman–Crippen MR) is 98.3 cm³/mol. The minimum atomic E-state index is -0.480. The van der Waals surface area contributed by atoms with Gasteiger partial charge in [0.05, 0.1) is 6.61 Å². The maximum atomic E-state index is 12.2.